The molecule has 13 heteroatoms. The fourth-order valence-electron chi connectivity index (χ4n) is 8.89. The molecular weight excluding hydrogens is 868 g/mol. The lowest BCUT2D eigenvalue weighted by molar-refractivity contribution is -0.173. The van der Waals surface area contributed by atoms with Crippen LogP contribution in [0, 0.1) is 0 Å². The number of nitrogens with zero attached hydrogens (tertiary/aromatic N) is 1. The minimum absolute atomic E-state index is 0.204. The maximum absolute atomic E-state index is 18.3. The Morgan fingerprint density at radius 2 is 1.12 bits per heavy atom. The molecular formula is C53H63FN2O8Si2. The van der Waals surface area contributed by atoms with Gasteiger partial charge in [0.15, 0.2) is 20.7 Å². The van der Waals surface area contributed by atoms with E-state index in [4.69, 9.17) is 27.8 Å². The van der Waals surface area contributed by atoms with E-state index in [9.17, 15) is 9.59 Å². The Bertz CT molecular complexity index is 2560. The summed E-state index contributed by atoms with van der Waals surface area (Å²) in [6.45, 7) is 16.5. The van der Waals surface area contributed by atoms with E-state index in [1.165, 1.54) is 12.3 Å². The summed E-state index contributed by atoms with van der Waals surface area (Å²) in [7, 11) is -3.00. The van der Waals surface area contributed by atoms with E-state index in [2.05, 4.69) is 83.9 Å². The second-order valence-electron chi connectivity index (χ2n) is 19.6. The van der Waals surface area contributed by atoms with Crippen molar-refractivity contribution in [1.82, 2.24) is 9.55 Å². The van der Waals surface area contributed by atoms with Gasteiger partial charge in [-0.2, -0.15) is 0 Å². The van der Waals surface area contributed by atoms with Crippen LogP contribution in [-0.2, 0) is 23.9 Å². The van der Waals surface area contributed by atoms with Crippen molar-refractivity contribution in [3.8, 4) is 11.5 Å². The first kappa shape index (κ1) is 48.5. The van der Waals surface area contributed by atoms with Crippen LogP contribution in [0.3, 0.4) is 0 Å². The molecule has 0 radical (unpaired) electrons. The highest BCUT2D eigenvalue weighted by Crippen LogP contribution is 2.50. The highest BCUT2D eigenvalue weighted by atomic mass is 28.4. The largest absolute Gasteiger partial charge is 0.497 e. The van der Waals surface area contributed by atoms with Crippen LogP contribution < -0.4 is 31.1 Å². The highest BCUT2D eigenvalue weighted by molar-refractivity contribution is 6.99. The van der Waals surface area contributed by atoms with Crippen molar-refractivity contribution in [1.29, 1.82) is 0 Å². The van der Waals surface area contributed by atoms with Gasteiger partial charge in [0, 0.05) is 12.3 Å². The lowest BCUT2D eigenvalue weighted by atomic mass is 9.79. The molecule has 0 saturated carbocycles. The number of ether oxygens (including phenoxy) is 4. The van der Waals surface area contributed by atoms with Crippen LogP contribution in [-0.4, -0.2) is 71.5 Å². The molecule has 0 aliphatic carbocycles. The summed E-state index contributed by atoms with van der Waals surface area (Å²) < 4.78 is 60.5. The van der Waals surface area contributed by atoms with Crippen LogP contribution in [0.2, 0.25) is 23.2 Å². The molecule has 0 spiro atoms. The summed E-state index contributed by atoms with van der Waals surface area (Å²) in [5.74, 6) is 1.31. The Balaban J connectivity index is 1.51. The predicted molar refractivity (Wildman–Crippen MR) is 263 cm³/mol. The minimum atomic E-state index is -3.36. The third-order valence-electron chi connectivity index (χ3n) is 13.4. The van der Waals surface area contributed by atoms with Crippen molar-refractivity contribution in [3.05, 3.63) is 189 Å². The summed E-state index contributed by atoms with van der Waals surface area (Å²) in [5.41, 5.74) is -2.22. The molecule has 7 rings (SSSR count). The van der Waals surface area contributed by atoms with Crippen LogP contribution in [0.15, 0.2) is 161 Å². The Labute approximate surface area is 389 Å². The zero-order valence-corrected chi connectivity index (χ0v) is 41.7. The van der Waals surface area contributed by atoms with Gasteiger partial charge in [-0.3, -0.25) is 14.3 Å². The van der Waals surface area contributed by atoms with Gasteiger partial charge in [0.1, 0.15) is 28.8 Å². The van der Waals surface area contributed by atoms with Gasteiger partial charge in [-0.25, -0.2) is 9.18 Å². The van der Waals surface area contributed by atoms with Gasteiger partial charge in [0.05, 0.1) is 27.4 Å². The van der Waals surface area contributed by atoms with E-state index in [0.717, 1.165) is 31.6 Å². The van der Waals surface area contributed by atoms with E-state index in [-0.39, 0.29) is 18.3 Å². The van der Waals surface area contributed by atoms with Crippen LogP contribution in [0.25, 0.3) is 0 Å². The number of nitrogens with one attached hydrogen (secondary N) is 1. The number of hydrogen-bond donors (Lipinski definition) is 1. The average Bonchev–Trinajstić information content (AvgIpc) is 3.56. The molecule has 1 N–H and O–H groups in total. The Morgan fingerprint density at radius 3 is 1.56 bits per heavy atom. The monoisotopic (exact) mass is 930 g/mol. The maximum atomic E-state index is 18.3. The van der Waals surface area contributed by atoms with E-state index in [1.807, 2.05) is 115 Å². The third kappa shape index (κ3) is 9.17. The normalized spacial score (nSPS) is 19.4. The summed E-state index contributed by atoms with van der Waals surface area (Å²) in [4.78, 5) is 28.4. The van der Waals surface area contributed by atoms with Crippen molar-refractivity contribution in [2.24, 2.45) is 0 Å². The fraction of sp³-hybridized carbons (Fsp3) is 0.358. The summed E-state index contributed by atoms with van der Waals surface area (Å²) >= 11 is 0. The van der Waals surface area contributed by atoms with Crippen molar-refractivity contribution in [3.63, 3.8) is 0 Å². The number of hydrogen-bond acceptors (Lipinski definition) is 8. The molecule has 0 amide bonds. The van der Waals surface area contributed by atoms with Crippen LogP contribution >= 0.6 is 0 Å². The number of alkyl halides is 1. The molecule has 2 heterocycles. The molecule has 5 aromatic carbocycles. The van der Waals surface area contributed by atoms with Crippen LogP contribution in [0.4, 0.5) is 4.39 Å². The van der Waals surface area contributed by atoms with Crippen molar-refractivity contribution < 1.29 is 32.2 Å². The number of H-pyrrole nitrogens is 1. The van der Waals surface area contributed by atoms with Gasteiger partial charge < -0.3 is 27.8 Å². The van der Waals surface area contributed by atoms with E-state index >= 15 is 4.39 Å². The summed E-state index contributed by atoms with van der Waals surface area (Å²) in [5, 5.41) is 1.18. The first-order valence-electron chi connectivity index (χ1n) is 22.4. The summed E-state index contributed by atoms with van der Waals surface area (Å²) in [6, 6.07) is 46.8. The molecule has 10 nitrogen and oxygen atoms in total. The van der Waals surface area contributed by atoms with Gasteiger partial charge in [-0.1, -0.05) is 157 Å². The van der Waals surface area contributed by atoms with Gasteiger partial charge in [-0.15, -0.1) is 0 Å². The van der Waals surface area contributed by atoms with E-state index in [0.29, 0.717) is 11.5 Å². The Kier molecular flexibility index (Phi) is 14.0. The smallest absolute Gasteiger partial charge is 0.330 e. The second-order valence-corrected chi connectivity index (χ2v) is 28.6. The number of aromatic amines is 1. The topological polar surface area (TPSA) is 110 Å². The molecule has 4 atom stereocenters. The predicted octanol–water partition coefficient (Wildman–Crippen LogP) is 9.14. The van der Waals surface area contributed by atoms with E-state index in [1.54, 1.807) is 14.2 Å². The van der Waals surface area contributed by atoms with Crippen LogP contribution in [0.5, 0.6) is 11.5 Å². The SMILES string of the molecule is COc1ccc(C(OC[C@]2(CO[Si](c3ccccc3)(c3ccccc3)C(C)(C)C)OC(n3ccc(=O)[nH]c3=O)C(F)C2O[Si](C)(C)C(C)(C)C)(c2ccccc2)c2ccc(OC)cc2)cc1. The zero-order valence-electron chi connectivity index (χ0n) is 39.7. The van der Waals surface area contributed by atoms with Crippen molar-refractivity contribution in [2.75, 3.05) is 27.4 Å². The van der Waals surface area contributed by atoms with Crippen molar-refractivity contribution >= 4 is 27.0 Å². The molecule has 66 heavy (non-hydrogen) atoms. The Hall–Kier alpha value is -5.42. The standard InChI is InChI=1S/C53H63FN2O8Si2/c1-50(2,3)65(9,10)64-47-46(54)48(56-35-34-45(57)55-49(56)58)63-52(47,37-62-66(51(4,5)6,43-22-16-12-17-23-43)44-24-18-13-19-25-44)36-61-53(38-20-14-11-15-21-38,39-26-30-41(59-7)31-27-39)40-28-32-42(60-8)33-29-40/h11-35,46-48H,36-37H2,1-10H3,(H,55,57,58)/t46?,47?,48?,52-/m1/s1. The van der Waals surface area contributed by atoms with Gasteiger partial charge >= 0.3 is 5.69 Å². The summed E-state index contributed by atoms with van der Waals surface area (Å²) in [6.07, 6.45) is -3.53. The molecule has 0 bridgehead atoms. The number of rotatable bonds is 16. The van der Waals surface area contributed by atoms with Crippen molar-refractivity contribution in [2.45, 2.75) is 94.4 Å². The lowest BCUT2D eigenvalue weighted by Crippen LogP contribution is -2.69. The number of halogens is 1. The molecule has 1 fully saturated rings. The van der Waals surface area contributed by atoms with E-state index < -0.39 is 62.6 Å². The molecule has 1 aliphatic heterocycles. The molecule has 1 aromatic heterocycles. The Morgan fingerprint density at radius 1 is 0.652 bits per heavy atom. The first-order valence-corrected chi connectivity index (χ1v) is 27.2. The average molecular weight is 931 g/mol. The van der Waals surface area contributed by atoms with Gasteiger partial charge in [0.2, 0.25) is 0 Å². The maximum Gasteiger partial charge on any atom is 0.330 e. The zero-order chi connectivity index (χ0) is 47.5. The minimum Gasteiger partial charge on any atom is -0.497 e. The fourth-order valence-corrected chi connectivity index (χ4v) is 14.8. The molecule has 6 aromatic rings. The third-order valence-corrected chi connectivity index (χ3v) is 22.9. The lowest BCUT2D eigenvalue weighted by Gasteiger charge is -2.48. The first-order chi connectivity index (χ1) is 31.3. The highest BCUT2D eigenvalue weighted by Gasteiger charge is 2.63. The number of benzene rings is 5. The number of methoxy groups -OCH3 is 2. The van der Waals surface area contributed by atoms with Gasteiger partial charge in [-0.05, 0) is 74.5 Å². The molecule has 1 saturated heterocycles. The second kappa shape index (κ2) is 19.1. The molecule has 1 aliphatic rings. The molecule has 3 unspecified atom stereocenters. The van der Waals surface area contributed by atoms with Crippen LogP contribution in [0.1, 0.15) is 64.5 Å². The quantitative estimate of drug-likeness (QED) is 0.0757. The molecule has 348 valence electrons. The number of aromatic nitrogens is 2. The van der Waals surface area contributed by atoms with Gasteiger partial charge in [0.25, 0.3) is 13.9 Å².